The second kappa shape index (κ2) is 6.82. The van der Waals surface area contributed by atoms with E-state index < -0.39 is 0 Å². The molecule has 2 aliphatic rings. The zero-order valence-electron chi connectivity index (χ0n) is 13.2. The highest BCUT2D eigenvalue weighted by molar-refractivity contribution is 5.89. The van der Waals surface area contributed by atoms with Gasteiger partial charge in [0.25, 0.3) is 0 Å². The van der Waals surface area contributed by atoms with Gasteiger partial charge in [0.2, 0.25) is 5.91 Å². The van der Waals surface area contributed by atoms with Crippen molar-refractivity contribution in [2.24, 2.45) is 0 Å². The number of esters is 1. The highest BCUT2D eigenvalue weighted by atomic mass is 16.5. The van der Waals surface area contributed by atoms with E-state index in [-0.39, 0.29) is 18.0 Å². The Kier molecular flexibility index (Phi) is 4.60. The first-order valence-electron chi connectivity index (χ1n) is 8.07. The molecule has 120 valence electrons. The third-order valence-electron chi connectivity index (χ3n) is 4.45. The van der Waals surface area contributed by atoms with Crippen molar-refractivity contribution in [3.05, 3.63) is 59.8 Å². The number of amides is 1. The van der Waals surface area contributed by atoms with Crippen LogP contribution in [0.25, 0.3) is 0 Å². The van der Waals surface area contributed by atoms with Crippen LogP contribution in [0.1, 0.15) is 42.5 Å². The van der Waals surface area contributed by atoms with Crippen LogP contribution in [-0.2, 0) is 9.53 Å². The lowest BCUT2D eigenvalue weighted by Crippen LogP contribution is -2.37. The quantitative estimate of drug-likeness (QED) is 0.632. The third kappa shape index (κ3) is 3.36. The van der Waals surface area contributed by atoms with Crippen LogP contribution in [-0.4, -0.2) is 29.4 Å². The first-order chi connectivity index (χ1) is 11.2. The predicted octanol–water partition coefficient (Wildman–Crippen LogP) is 3.46. The molecule has 1 aromatic carbocycles. The second-order valence-electron chi connectivity index (χ2n) is 5.98. The summed E-state index contributed by atoms with van der Waals surface area (Å²) in [7, 11) is 0. The lowest BCUT2D eigenvalue weighted by atomic mass is 9.87. The molecule has 1 unspecified atom stereocenters. The average Bonchev–Trinajstić information content (AvgIpc) is 2.58. The Morgan fingerprint density at radius 1 is 1.26 bits per heavy atom. The van der Waals surface area contributed by atoms with Gasteiger partial charge < -0.3 is 9.64 Å². The Morgan fingerprint density at radius 2 is 2.04 bits per heavy atom. The SMILES string of the molecule is C=CCN1C(=O)CCC2=C1CCC(OC(=O)c1ccccc1)C2. The molecule has 4 heteroatoms. The van der Waals surface area contributed by atoms with Crippen LogP contribution < -0.4 is 0 Å². The maximum atomic E-state index is 12.2. The number of carbonyl (C=O) groups excluding carboxylic acids is 2. The van der Waals surface area contributed by atoms with E-state index in [1.54, 1.807) is 18.2 Å². The molecule has 1 heterocycles. The van der Waals surface area contributed by atoms with Crippen molar-refractivity contribution < 1.29 is 14.3 Å². The van der Waals surface area contributed by atoms with E-state index in [9.17, 15) is 9.59 Å². The molecule has 0 fully saturated rings. The molecular weight excluding hydrogens is 290 g/mol. The van der Waals surface area contributed by atoms with Crippen molar-refractivity contribution in [2.45, 2.75) is 38.2 Å². The normalized spacial score (nSPS) is 21.0. The minimum absolute atomic E-state index is 0.0970. The van der Waals surface area contributed by atoms with Gasteiger partial charge in [0.15, 0.2) is 0 Å². The van der Waals surface area contributed by atoms with Gasteiger partial charge in [-0.2, -0.15) is 0 Å². The van der Waals surface area contributed by atoms with Crippen LogP contribution in [0.3, 0.4) is 0 Å². The Morgan fingerprint density at radius 3 is 2.78 bits per heavy atom. The average molecular weight is 311 g/mol. The fourth-order valence-corrected chi connectivity index (χ4v) is 3.32. The summed E-state index contributed by atoms with van der Waals surface area (Å²) in [5, 5.41) is 0. The van der Waals surface area contributed by atoms with Gasteiger partial charge in [-0.15, -0.1) is 6.58 Å². The van der Waals surface area contributed by atoms with Crippen molar-refractivity contribution in [2.75, 3.05) is 6.54 Å². The van der Waals surface area contributed by atoms with Crippen molar-refractivity contribution in [3.8, 4) is 0 Å². The molecule has 0 saturated carbocycles. The summed E-state index contributed by atoms with van der Waals surface area (Å²) in [6.45, 7) is 4.29. The van der Waals surface area contributed by atoms with Gasteiger partial charge in [0.05, 0.1) is 5.56 Å². The molecule has 1 aliphatic heterocycles. The first-order valence-corrected chi connectivity index (χ1v) is 8.07. The van der Waals surface area contributed by atoms with Crippen LogP contribution in [0, 0.1) is 0 Å². The summed E-state index contributed by atoms with van der Waals surface area (Å²) in [6.07, 6.45) is 5.25. The van der Waals surface area contributed by atoms with E-state index in [0.717, 1.165) is 31.4 Å². The number of nitrogens with zero attached hydrogens (tertiary/aromatic N) is 1. The Balaban J connectivity index is 1.68. The van der Waals surface area contributed by atoms with Crippen LogP contribution >= 0.6 is 0 Å². The number of rotatable bonds is 4. The number of carbonyl (C=O) groups is 2. The van der Waals surface area contributed by atoms with Gasteiger partial charge >= 0.3 is 5.97 Å². The number of allylic oxidation sites excluding steroid dienone is 1. The van der Waals surface area contributed by atoms with E-state index >= 15 is 0 Å². The molecule has 0 N–H and O–H groups in total. The molecule has 0 saturated heterocycles. The van der Waals surface area contributed by atoms with Crippen molar-refractivity contribution in [1.29, 1.82) is 0 Å². The molecular formula is C19H21NO3. The Bertz CT molecular complexity index is 648. The molecule has 0 radical (unpaired) electrons. The third-order valence-corrected chi connectivity index (χ3v) is 4.45. The minimum Gasteiger partial charge on any atom is -0.458 e. The van der Waals surface area contributed by atoms with Crippen LogP contribution in [0.4, 0.5) is 0 Å². The summed E-state index contributed by atoms with van der Waals surface area (Å²) in [6, 6.07) is 9.07. The summed E-state index contributed by atoms with van der Waals surface area (Å²) >= 11 is 0. The van der Waals surface area contributed by atoms with E-state index in [0.29, 0.717) is 18.5 Å². The fraction of sp³-hybridized carbons (Fsp3) is 0.368. The number of benzene rings is 1. The molecule has 1 aliphatic carbocycles. The van der Waals surface area contributed by atoms with E-state index in [2.05, 4.69) is 6.58 Å². The van der Waals surface area contributed by atoms with E-state index in [1.165, 1.54) is 5.57 Å². The molecule has 1 aromatic rings. The Hall–Kier alpha value is -2.36. The molecule has 0 aromatic heterocycles. The van der Waals surface area contributed by atoms with E-state index in [1.807, 2.05) is 23.1 Å². The molecule has 1 amide bonds. The molecule has 0 bridgehead atoms. The zero-order chi connectivity index (χ0) is 16.2. The molecule has 0 spiro atoms. The van der Waals surface area contributed by atoms with E-state index in [4.69, 9.17) is 4.74 Å². The van der Waals surface area contributed by atoms with Crippen molar-refractivity contribution in [3.63, 3.8) is 0 Å². The van der Waals surface area contributed by atoms with Gasteiger partial charge in [0, 0.05) is 25.1 Å². The number of ether oxygens (including phenoxy) is 1. The zero-order valence-corrected chi connectivity index (χ0v) is 13.2. The largest absolute Gasteiger partial charge is 0.458 e. The maximum Gasteiger partial charge on any atom is 0.338 e. The van der Waals surface area contributed by atoms with Crippen LogP contribution in [0.2, 0.25) is 0 Å². The molecule has 3 rings (SSSR count). The lowest BCUT2D eigenvalue weighted by molar-refractivity contribution is -0.130. The summed E-state index contributed by atoms with van der Waals surface area (Å²) in [5.74, 6) is -0.0992. The number of hydrogen-bond donors (Lipinski definition) is 0. The fourth-order valence-electron chi connectivity index (χ4n) is 3.32. The van der Waals surface area contributed by atoms with Gasteiger partial charge in [0.1, 0.15) is 6.10 Å². The molecule has 4 nitrogen and oxygen atoms in total. The monoisotopic (exact) mass is 311 g/mol. The molecule has 1 atom stereocenters. The van der Waals surface area contributed by atoms with Gasteiger partial charge in [-0.25, -0.2) is 4.79 Å². The molecule has 23 heavy (non-hydrogen) atoms. The highest BCUT2D eigenvalue weighted by Crippen LogP contribution is 2.35. The van der Waals surface area contributed by atoms with Gasteiger partial charge in [-0.05, 0) is 37.0 Å². The lowest BCUT2D eigenvalue weighted by Gasteiger charge is -2.36. The summed E-state index contributed by atoms with van der Waals surface area (Å²) in [4.78, 5) is 26.1. The smallest absolute Gasteiger partial charge is 0.338 e. The summed E-state index contributed by atoms with van der Waals surface area (Å²) < 4.78 is 5.65. The topological polar surface area (TPSA) is 46.6 Å². The van der Waals surface area contributed by atoms with Crippen LogP contribution in [0.15, 0.2) is 54.3 Å². The standard InChI is InChI=1S/C19H21NO3/c1-2-12-20-17-10-9-16(13-15(17)8-11-18(20)21)23-19(22)14-6-4-3-5-7-14/h2-7,16H,1,8-13H2. The second-order valence-corrected chi connectivity index (χ2v) is 5.98. The Labute approximate surface area is 136 Å². The van der Waals surface area contributed by atoms with Crippen molar-refractivity contribution in [1.82, 2.24) is 4.90 Å². The summed E-state index contributed by atoms with van der Waals surface area (Å²) in [5.41, 5.74) is 2.95. The predicted molar refractivity (Wildman–Crippen MR) is 87.7 cm³/mol. The van der Waals surface area contributed by atoms with Gasteiger partial charge in [-0.3, -0.25) is 4.79 Å². The van der Waals surface area contributed by atoms with Crippen molar-refractivity contribution >= 4 is 11.9 Å². The highest BCUT2D eigenvalue weighted by Gasteiger charge is 2.32. The maximum absolute atomic E-state index is 12.2. The van der Waals surface area contributed by atoms with Crippen LogP contribution in [0.5, 0.6) is 0 Å². The minimum atomic E-state index is -0.269. The number of hydrogen-bond acceptors (Lipinski definition) is 3. The first kappa shape index (κ1) is 15.5. The van der Waals surface area contributed by atoms with Gasteiger partial charge in [-0.1, -0.05) is 24.3 Å².